The number of nitrogens with one attached hydrogen (secondary N) is 2. The van der Waals surface area contributed by atoms with Crippen LogP contribution >= 0.6 is 0 Å². The smallest absolute Gasteiger partial charge is 0.154 e. The van der Waals surface area contributed by atoms with Gasteiger partial charge >= 0.3 is 0 Å². The summed E-state index contributed by atoms with van der Waals surface area (Å²) in [6.07, 6.45) is 5.73. The van der Waals surface area contributed by atoms with Gasteiger partial charge in [-0.2, -0.15) is 5.10 Å². The number of nitrogens with zero attached hydrogens (tertiary/aromatic N) is 5. The first-order chi connectivity index (χ1) is 16.5. The summed E-state index contributed by atoms with van der Waals surface area (Å²) in [4.78, 5) is 9.50. The van der Waals surface area contributed by atoms with E-state index < -0.39 is 0 Å². The van der Waals surface area contributed by atoms with Gasteiger partial charge in [0.25, 0.3) is 0 Å². The molecule has 5 rings (SSSR count). The lowest BCUT2D eigenvalue weighted by atomic mass is 10.0. The van der Waals surface area contributed by atoms with Crippen LogP contribution in [0.25, 0.3) is 5.69 Å². The molecule has 2 aliphatic heterocycles. The second kappa shape index (κ2) is 10.1. The summed E-state index contributed by atoms with van der Waals surface area (Å²) in [5.74, 6) is 0.752. The van der Waals surface area contributed by atoms with Crippen molar-refractivity contribution in [3.8, 4) is 5.69 Å². The van der Waals surface area contributed by atoms with Crippen molar-refractivity contribution in [1.82, 2.24) is 25.0 Å². The lowest BCUT2D eigenvalue weighted by Gasteiger charge is -2.35. The largest absolute Gasteiger partial charge is 0.380 e. The number of hydrogen-bond acceptors (Lipinski definition) is 6. The van der Waals surface area contributed by atoms with Crippen molar-refractivity contribution in [3.63, 3.8) is 0 Å². The average molecular weight is 464 g/mol. The minimum Gasteiger partial charge on any atom is -0.380 e. The summed E-state index contributed by atoms with van der Waals surface area (Å²) >= 11 is 0. The Balaban J connectivity index is 1.24. The maximum Gasteiger partial charge on any atom is 0.154 e. The zero-order chi connectivity index (χ0) is 23.5. The van der Waals surface area contributed by atoms with Crippen LogP contribution in [-0.2, 0) is 6.54 Å². The zero-order valence-corrected chi connectivity index (χ0v) is 20.0. The third kappa shape index (κ3) is 5.23. The molecule has 0 aliphatic carbocycles. The summed E-state index contributed by atoms with van der Waals surface area (Å²) in [6.45, 7) is 9.11. The molecule has 0 spiro atoms. The van der Waals surface area contributed by atoms with Gasteiger partial charge in [-0.25, -0.2) is 14.1 Å². The zero-order valence-electron chi connectivity index (χ0n) is 20.0. The van der Waals surface area contributed by atoms with Crippen molar-refractivity contribution in [2.75, 3.05) is 36.4 Å². The quantitative estimate of drug-likeness (QED) is 0.582. The van der Waals surface area contributed by atoms with E-state index in [4.69, 9.17) is 10.1 Å². The van der Waals surface area contributed by atoms with Gasteiger partial charge in [0.2, 0.25) is 0 Å². The third-order valence-electron chi connectivity index (χ3n) is 6.70. The van der Waals surface area contributed by atoms with Crippen LogP contribution in [-0.4, -0.2) is 64.0 Å². The Morgan fingerprint density at radius 2 is 1.79 bits per heavy atom. The second-order valence-corrected chi connectivity index (χ2v) is 9.65. The fraction of sp³-hybridized carbons (Fsp3) is 0.462. The van der Waals surface area contributed by atoms with Gasteiger partial charge in [-0.3, -0.25) is 4.90 Å². The number of benzene rings is 1. The molecule has 180 valence electrons. The number of piperazine rings is 1. The van der Waals surface area contributed by atoms with E-state index in [1.165, 1.54) is 6.07 Å². The highest BCUT2D eigenvalue weighted by Gasteiger charge is 2.24. The monoisotopic (exact) mass is 463 g/mol. The molecular weight excluding hydrogens is 429 g/mol. The SMILES string of the molecule is C[C@@H]1CN(Cc2ccn(-c3cccnc3N3CCC(Nc4ccccc4F)CC3)n2)C[C@H](C)N1. The van der Waals surface area contributed by atoms with Crippen molar-refractivity contribution in [1.29, 1.82) is 0 Å². The summed E-state index contributed by atoms with van der Waals surface area (Å²) in [5.41, 5.74) is 2.65. The van der Waals surface area contributed by atoms with E-state index >= 15 is 0 Å². The molecule has 0 unspecified atom stereocenters. The van der Waals surface area contributed by atoms with Crippen LogP contribution in [0.3, 0.4) is 0 Å². The molecule has 2 fully saturated rings. The number of para-hydroxylation sites is 1. The molecule has 0 radical (unpaired) electrons. The van der Waals surface area contributed by atoms with Crippen molar-refractivity contribution >= 4 is 11.5 Å². The van der Waals surface area contributed by atoms with Gasteiger partial charge in [0.05, 0.1) is 11.4 Å². The summed E-state index contributed by atoms with van der Waals surface area (Å²) < 4.78 is 16.0. The van der Waals surface area contributed by atoms with E-state index in [1.54, 1.807) is 12.1 Å². The van der Waals surface area contributed by atoms with Crippen LogP contribution in [0.15, 0.2) is 54.9 Å². The lowest BCUT2D eigenvalue weighted by molar-refractivity contribution is 0.165. The molecule has 2 saturated heterocycles. The first-order valence-electron chi connectivity index (χ1n) is 12.3. The highest BCUT2D eigenvalue weighted by atomic mass is 19.1. The van der Waals surface area contributed by atoms with Crippen LogP contribution in [0, 0.1) is 5.82 Å². The Kier molecular flexibility index (Phi) is 6.78. The highest BCUT2D eigenvalue weighted by Crippen LogP contribution is 2.26. The minimum atomic E-state index is -0.198. The molecule has 0 saturated carbocycles. The van der Waals surface area contributed by atoms with E-state index in [1.807, 2.05) is 29.2 Å². The first-order valence-corrected chi connectivity index (χ1v) is 12.3. The van der Waals surface area contributed by atoms with Crippen molar-refractivity contribution in [2.45, 2.75) is 51.4 Å². The van der Waals surface area contributed by atoms with E-state index in [9.17, 15) is 4.39 Å². The molecule has 2 aromatic heterocycles. The predicted octanol–water partition coefficient (Wildman–Crippen LogP) is 3.67. The van der Waals surface area contributed by atoms with E-state index in [0.29, 0.717) is 17.8 Å². The van der Waals surface area contributed by atoms with Crippen LogP contribution in [0.5, 0.6) is 0 Å². The molecule has 8 heteroatoms. The molecule has 34 heavy (non-hydrogen) atoms. The van der Waals surface area contributed by atoms with Gasteiger partial charge in [0.1, 0.15) is 11.5 Å². The van der Waals surface area contributed by atoms with Gasteiger partial charge in [-0.15, -0.1) is 0 Å². The van der Waals surface area contributed by atoms with Crippen molar-refractivity contribution < 1.29 is 4.39 Å². The fourth-order valence-corrected chi connectivity index (χ4v) is 5.22. The normalized spacial score (nSPS) is 22.1. The Bertz CT molecular complexity index is 1080. The average Bonchev–Trinajstić information content (AvgIpc) is 3.29. The number of pyridine rings is 1. The maximum absolute atomic E-state index is 14.0. The number of aromatic nitrogens is 3. The predicted molar refractivity (Wildman–Crippen MR) is 134 cm³/mol. The Morgan fingerprint density at radius 3 is 2.56 bits per heavy atom. The van der Waals surface area contributed by atoms with Crippen LogP contribution < -0.4 is 15.5 Å². The second-order valence-electron chi connectivity index (χ2n) is 9.65. The topological polar surface area (TPSA) is 61.3 Å². The Labute approximate surface area is 201 Å². The molecule has 2 aliphatic rings. The number of piperidine rings is 1. The Hall–Kier alpha value is -2.97. The van der Waals surface area contributed by atoms with Gasteiger partial charge in [-0.1, -0.05) is 12.1 Å². The number of rotatable bonds is 6. The van der Waals surface area contributed by atoms with E-state index in [-0.39, 0.29) is 11.9 Å². The van der Waals surface area contributed by atoms with Crippen LogP contribution in [0.4, 0.5) is 15.9 Å². The van der Waals surface area contributed by atoms with Gasteiger partial charge in [-0.05, 0) is 57.0 Å². The molecule has 3 aromatic rings. The number of hydrogen-bond donors (Lipinski definition) is 2. The highest BCUT2D eigenvalue weighted by molar-refractivity contribution is 5.57. The lowest BCUT2D eigenvalue weighted by Crippen LogP contribution is -2.53. The summed E-state index contributed by atoms with van der Waals surface area (Å²) in [7, 11) is 0. The minimum absolute atomic E-state index is 0.198. The van der Waals surface area contributed by atoms with Crippen molar-refractivity contribution in [3.05, 3.63) is 66.4 Å². The van der Waals surface area contributed by atoms with Gasteiger partial charge in [0, 0.05) is 63.2 Å². The summed E-state index contributed by atoms with van der Waals surface area (Å²) in [6, 6.07) is 14.3. The molecule has 2 N–H and O–H groups in total. The molecule has 0 amide bonds. The van der Waals surface area contributed by atoms with Crippen LogP contribution in [0.1, 0.15) is 32.4 Å². The maximum atomic E-state index is 14.0. The molecule has 2 atom stereocenters. The molecule has 4 heterocycles. The summed E-state index contributed by atoms with van der Waals surface area (Å²) in [5, 5.41) is 11.8. The number of anilines is 2. The molecule has 0 bridgehead atoms. The molecule has 7 nitrogen and oxygen atoms in total. The van der Waals surface area contributed by atoms with Gasteiger partial charge < -0.3 is 15.5 Å². The van der Waals surface area contributed by atoms with Gasteiger partial charge in [0.15, 0.2) is 5.82 Å². The Morgan fingerprint density at radius 1 is 1.03 bits per heavy atom. The third-order valence-corrected chi connectivity index (χ3v) is 6.70. The first kappa shape index (κ1) is 22.8. The molecule has 1 aromatic carbocycles. The number of halogens is 1. The van der Waals surface area contributed by atoms with Crippen molar-refractivity contribution in [2.24, 2.45) is 0 Å². The fourth-order valence-electron chi connectivity index (χ4n) is 5.22. The van der Waals surface area contributed by atoms with Crippen LogP contribution in [0.2, 0.25) is 0 Å². The van der Waals surface area contributed by atoms with E-state index in [0.717, 1.165) is 62.8 Å². The standard InChI is InChI=1S/C26H34FN7/c1-19-16-32(17-20(2)29-19)18-22-11-15-34(31-22)25-8-5-12-28-26(25)33-13-9-21(10-14-33)30-24-7-4-3-6-23(24)27/h3-8,11-12,15,19-21,29-30H,9-10,13-14,16-18H2,1-2H3/t19-,20+. The van der Waals surface area contributed by atoms with E-state index in [2.05, 4.69) is 46.4 Å². The molecular formula is C26H34FN7.